The van der Waals surface area contributed by atoms with Crippen LogP contribution in [0, 0.1) is 0 Å². The van der Waals surface area contributed by atoms with Gasteiger partial charge in [0.05, 0.1) is 20.2 Å². The lowest BCUT2D eigenvalue weighted by atomic mass is 10.3. The molecular weight excluding hydrogens is 169 g/mol. The number of rotatable bonds is 0. The molecule has 1 aliphatic heterocycles. The number of alkyl halides is 3. The summed E-state index contributed by atoms with van der Waals surface area (Å²) >= 11 is 0. The van der Waals surface area contributed by atoms with E-state index in [1.165, 1.54) is 18.0 Å². The first-order valence-electron chi connectivity index (χ1n) is 3.32. The molecule has 0 aromatic rings. The monoisotopic (exact) mass is 177 g/mol. The average Bonchev–Trinajstić information content (AvgIpc) is 1.92. The van der Waals surface area contributed by atoms with E-state index < -0.39 is 11.9 Å². The zero-order valence-corrected chi connectivity index (χ0v) is 6.68. The van der Waals surface area contributed by atoms with Crippen LogP contribution >= 0.6 is 0 Å². The van der Waals surface area contributed by atoms with Gasteiger partial charge in [-0.2, -0.15) is 13.2 Å². The standard InChI is InChI=1S/C7H8F3N2/c1-5-11-6(7(8,9)10)3-4-12(5)2/h3-4H,1-2H3/q+1. The fraction of sp³-hybridized carbons (Fsp3) is 0.429. The maximum Gasteiger partial charge on any atom is 0.470 e. The maximum atomic E-state index is 12.0. The smallest absolute Gasteiger partial charge is 0.227 e. The van der Waals surface area contributed by atoms with Crippen molar-refractivity contribution in [2.45, 2.75) is 13.1 Å². The highest BCUT2D eigenvalue weighted by Crippen LogP contribution is 2.17. The van der Waals surface area contributed by atoms with Crippen LogP contribution in [0.1, 0.15) is 6.92 Å². The highest BCUT2D eigenvalue weighted by Gasteiger charge is 2.40. The van der Waals surface area contributed by atoms with E-state index in [0.29, 0.717) is 5.84 Å². The van der Waals surface area contributed by atoms with Gasteiger partial charge in [0, 0.05) is 6.08 Å². The van der Waals surface area contributed by atoms with Crippen molar-refractivity contribution in [3.63, 3.8) is 0 Å². The Morgan fingerprint density at radius 2 is 2.00 bits per heavy atom. The molecule has 0 saturated carbocycles. The molecule has 0 saturated heterocycles. The van der Waals surface area contributed by atoms with Gasteiger partial charge in [-0.1, -0.05) is 0 Å². The fourth-order valence-corrected chi connectivity index (χ4v) is 0.739. The molecule has 0 aromatic heterocycles. The minimum atomic E-state index is -4.35. The van der Waals surface area contributed by atoms with Crippen molar-refractivity contribution in [1.82, 2.24) is 9.57 Å². The number of nitrogens with zero attached hydrogens (tertiary/aromatic N) is 2. The second kappa shape index (κ2) is 2.68. The molecule has 0 bridgehead atoms. The molecule has 0 aliphatic carbocycles. The lowest BCUT2D eigenvalue weighted by Gasteiger charge is -2.06. The van der Waals surface area contributed by atoms with Gasteiger partial charge in [0.2, 0.25) is 0 Å². The second-order valence-corrected chi connectivity index (χ2v) is 2.47. The number of halogens is 3. The minimum Gasteiger partial charge on any atom is -0.227 e. The summed E-state index contributed by atoms with van der Waals surface area (Å²) < 4.78 is 39.5. The van der Waals surface area contributed by atoms with Crippen LogP contribution in [0.15, 0.2) is 12.3 Å². The van der Waals surface area contributed by atoms with E-state index in [1.807, 2.05) is 0 Å². The van der Waals surface area contributed by atoms with Crippen molar-refractivity contribution in [3.05, 3.63) is 12.3 Å². The second-order valence-electron chi connectivity index (χ2n) is 2.47. The summed E-state index contributed by atoms with van der Waals surface area (Å²) in [5, 5.41) is 0. The Labute approximate surface area is 67.7 Å². The van der Waals surface area contributed by atoms with Crippen LogP contribution in [0.3, 0.4) is 0 Å². The highest BCUT2D eigenvalue weighted by molar-refractivity contribution is 6.03. The van der Waals surface area contributed by atoms with Crippen molar-refractivity contribution >= 4 is 11.5 Å². The minimum absolute atomic E-state index is 0.338. The third-order valence-corrected chi connectivity index (χ3v) is 1.54. The van der Waals surface area contributed by atoms with E-state index in [0.717, 1.165) is 6.08 Å². The molecule has 5 heteroatoms. The molecule has 66 valence electrons. The number of allylic oxidation sites excluding steroid dienone is 1. The normalized spacial score (nSPS) is 17.6. The first-order chi connectivity index (χ1) is 5.41. The van der Waals surface area contributed by atoms with Crippen LogP contribution in [0.2, 0.25) is 0 Å². The van der Waals surface area contributed by atoms with Crippen LogP contribution in [-0.4, -0.2) is 29.7 Å². The predicted molar refractivity (Wildman–Crippen MR) is 40.8 cm³/mol. The highest BCUT2D eigenvalue weighted by atomic mass is 19.4. The largest absolute Gasteiger partial charge is 0.470 e. The van der Waals surface area contributed by atoms with Gasteiger partial charge in [0.15, 0.2) is 0 Å². The lowest BCUT2D eigenvalue weighted by Crippen LogP contribution is -2.32. The van der Waals surface area contributed by atoms with E-state index in [9.17, 15) is 13.2 Å². The van der Waals surface area contributed by atoms with E-state index >= 15 is 0 Å². The van der Waals surface area contributed by atoms with Gasteiger partial charge >= 0.3 is 17.7 Å². The van der Waals surface area contributed by atoms with Crippen molar-refractivity contribution in [2.75, 3.05) is 7.05 Å². The summed E-state index contributed by atoms with van der Waals surface area (Å²) in [5.41, 5.74) is -0.849. The summed E-state index contributed by atoms with van der Waals surface area (Å²) in [4.78, 5) is 1.52. The van der Waals surface area contributed by atoms with Gasteiger partial charge in [-0.25, -0.2) is 9.57 Å². The molecule has 0 radical (unpaired) electrons. The third kappa shape index (κ3) is 1.68. The molecule has 1 aliphatic rings. The van der Waals surface area contributed by atoms with Crippen LogP contribution in [0.5, 0.6) is 0 Å². The summed E-state index contributed by atoms with van der Waals surface area (Å²) in [6.07, 6.45) is -2.06. The SMILES string of the molecule is CC1=[N+]=C(C(F)(F)F)C=CN1C. The molecule has 0 unspecified atom stereocenters. The van der Waals surface area contributed by atoms with Crippen molar-refractivity contribution in [3.8, 4) is 0 Å². The summed E-state index contributed by atoms with van der Waals surface area (Å²) in [6, 6.07) is 0. The van der Waals surface area contributed by atoms with Crippen LogP contribution in [-0.2, 0) is 0 Å². The first kappa shape index (κ1) is 8.87. The summed E-state index contributed by atoms with van der Waals surface area (Å²) in [6.45, 7) is 1.52. The van der Waals surface area contributed by atoms with Gasteiger partial charge in [0.1, 0.15) is 0 Å². The van der Waals surface area contributed by atoms with Crippen LogP contribution < -0.4 is 4.67 Å². The van der Waals surface area contributed by atoms with Crippen molar-refractivity contribution in [1.29, 1.82) is 0 Å². The van der Waals surface area contributed by atoms with E-state index in [1.54, 1.807) is 7.05 Å². The Bertz CT molecular complexity index is 282. The van der Waals surface area contributed by atoms with E-state index in [-0.39, 0.29) is 0 Å². The summed E-state index contributed by atoms with van der Waals surface area (Å²) in [5.74, 6) is 0.338. The number of hydrogen-bond donors (Lipinski definition) is 0. The average molecular weight is 177 g/mol. The van der Waals surface area contributed by atoms with Gasteiger partial charge < -0.3 is 0 Å². The zero-order valence-electron chi connectivity index (χ0n) is 6.68. The van der Waals surface area contributed by atoms with Crippen molar-refractivity contribution in [2.24, 2.45) is 0 Å². The molecular formula is C7H8F3N2+. The quantitative estimate of drug-likeness (QED) is 0.503. The Balaban J connectivity index is 3.10. The fourth-order valence-electron chi connectivity index (χ4n) is 0.739. The molecule has 0 amide bonds. The summed E-state index contributed by atoms with van der Waals surface area (Å²) in [7, 11) is 1.64. The first-order valence-corrected chi connectivity index (χ1v) is 3.32. The van der Waals surface area contributed by atoms with Gasteiger partial charge in [-0.3, -0.25) is 0 Å². The zero-order chi connectivity index (χ0) is 9.35. The van der Waals surface area contributed by atoms with E-state index in [4.69, 9.17) is 0 Å². The van der Waals surface area contributed by atoms with E-state index in [2.05, 4.69) is 4.67 Å². The third-order valence-electron chi connectivity index (χ3n) is 1.54. The Kier molecular flexibility index (Phi) is 1.98. The molecule has 1 heterocycles. The maximum absolute atomic E-state index is 12.0. The van der Waals surface area contributed by atoms with Crippen LogP contribution in [0.25, 0.3) is 0 Å². The molecule has 0 N–H and O–H groups in total. The van der Waals surface area contributed by atoms with Crippen LogP contribution in [0.4, 0.5) is 13.2 Å². The Morgan fingerprint density at radius 1 is 1.42 bits per heavy atom. The van der Waals surface area contributed by atoms with Gasteiger partial charge in [-0.05, 0) is 0 Å². The Hall–Kier alpha value is -1.22. The molecule has 1 rings (SSSR count). The molecule has 0 fully saturated rings. The molecule has 12 heavy (non-hydrogen) atoms. The van der Waals surface area contributed by atoms with Crippen molar-refractivity contribution < 1.29 is 13.2 Å². The van der Waals surface area contributed by atoms with Gasteiger partial charge in [-0.15, -0.1) is 0 Å². The molecule has 0 aromatic carbocycles. The topological polar surface area (TPSA) is 17.3 Å². The predicted octanol–water partition coefficient (Wildman–Crippen LogP) is 0.934. The molecule has 2 nitrogen and oxygen atoms in total. The Morgan fingerprint density at radius 3 is 2.42 bits per heavy atom. The number of hydrogen-bond acceptors (Lipinski definition) is 1. The molecule has 0 spiro atoms. The molecule has 0 atom stereocenters. The number of amidine groups is 1. The lowest BCUT2D eigenvalue weighted by molar-refractivity contribution is -0.0580. The van der Waals surface area contributed by atoms with Gasteiger partial charge in [0.25, 0.3) is 0 Å².